The molecule has 4 nitrogen and oxygen atoms in total. The Morgan fingerprint density at radius 3 is 3.12 bits per heavy atom. The number of aromatic nitrogens is 1. The molecule has 0 aliphatic carbocycles. The molecule has 16 heavy (non-hydrogen) atoms. The fraction of sp³-hybridized carbons (Fsp3) is 0.273. The molecule has 0 aliphatic heterocycles. The molecule has 0 aromatic carbocycles. The molecule has 86 valence electrons. The van der Waals surface area contributed by atoms with Crippen molar-refractivity contribution in [1.82, 2.24) is 4.98 Å². The molecule has 0 atom stereocenters. The van der Waals surface area contributed by atoms with E-state index in [-0.39, 0.29) is 12.4 Å². The first-order chi connectivity index (χ1) is 7.63. The molecule has 1 aromatic heterocycles. The zero-order valence-corrected chi connectivity index (χ0v) is 9.70. The number of carbonyl (C=O) groups excluding carboxylic acids is 1. The predicted molar refractivity (Wildman–Crippen MR) is 63.9 cm³/mol. The number of carbonyl (C=O) groups is 1. The van der Waals surface area contributed by atoms with Gasteiger partial charge in [-0.05, 0) is 13.0 Å². The number of halogens is 1. The van der Waals surface area contributed by atoms with Crippen LogP contribution in [0.1, 0.15) is 18.9 Å². The first-order valence-corrected chi connectivity index (χ1v) is 5.24. The molecular weight excluding hydrogens is 228 g/mol. The van der Waals surface area contributed by atoms with E-state index in [2.05, 4.69) is 4.98 Å². The molecule has 0 unspecified atom stereocenters. The summed E-state index contributed by atoms with van der Waals surface area (Å²) in [6.07, 6.45) is 5.05. The van der Waals surface area contributed by atoms with Gasteiger partial charge in [-0.3, -0.25) is 4.79 Å². The summed E-state index contributed by atoms with van der Waals surface area (Å²) in [5, 5.41) is 0.356. The van der Waals surface area contributed by atoms with Gasteiger partial charge in [-0.25, -0.2) is 4.98 Å². The number of pyridine rings is 1. The summed E-state index contributed by atoms with van der Waals surface area (Å²) in [5.74, 6) is -0.272. The van der Waals surface area contributed by atoms with Crippen molar-refractivity contribution in [2.45, 2.75) is 13.3 Å². The lowest BCUT2D eigenvalue weighted by Gasteiger charge is -1.99. The van der Waals surface area contributed by atoms with Gasteiger partial charge in [0.05, 0.1) is 24.9 Å². The Bertz CT molecular complexity index is 405. The molecule has 0 fully saturated rings. The van der Waals surface area contributed by atoms with Gasteiger partial charge in [0.2, 0.25) is 0 Å². The summed E-state index contributed by atoms with van der Waals surface area (Å²) in [6, 6.07) is 1.69. The molecule has 0 spiro atoms. The van der Waals surface area contributed by atoms with E-state index in [4.69, 9.17) is 22.1 Å². The molecule has 5 heteroatoms. The van der Waals surface area contributed by atoms with E-state index in [1.54, 1.807) is 25.1 Å². The highest BCUT2D eigenvalue weighted by molar-refractivity contribution is 6.30. The highest BCUT2D eigenvalue weighted by atomic mass is 35.5. The van der Waals surface area contributed by atoms with Crippen molar-refractivity contribution in [2.24, 2.45) is 0 Å². The quantitative estimate of drug-likeness (QED) is 0.648. The van der Waals surface area contributed by atoms with E-state index >= 15 is 0 Å². The number of hydrogen-bond donors (Lipinski definition) is 1. The van der Waals surface area contributed by atoms with Crippen molar-refractivity contribution in [3.05, 3.63) is 29.1 Å². The van der Waals surface area contributed by atoms with Crippen molar-refractivity contribution in [3.63, 3.8) is 0 Å². The third-order valence-corrected chi connectivity index (χ3v) is 2.09. The van der Waals surface area contributed by atoms with Gasteiger partial charge in [0.25, 0.3) is 0 Å². The molecule has 0 saturated carbocycles. The third-order valence-electron chi connectivity index (χ3n) is 1.77. The molecule has 1 aromatic rings. The molecule has 2 N–H and O–H groups in total. The molecule has 0 saturated heterocycles. The second kappa shape index (κ2) is 6.12. The molecule has 1 rings (SSSR count). The van der Waals surface area contributed by atoms with Gasteiger partial charge in [0, 0.05) is 5.56 Å². The van der Waals surface area contributed by atoms with E-state index in [1.165, 1.54) is 6.20 Å². The molecule has 0 amide bonds. The Labute approximate surface area is 99.1 Å². The lowest BCUT2D eigenvalue weighted by molar-refractivity contribution is -0.142. The van der Waals surface area contributed by atoms with E-state index < -0.39 is 0 Å². The fourth-order valence-electron chi connectivity index (χ4n) is 1.10. The number of nitrogens with two attached hydrogens (primary N) is 1. The van der Waals surface area contributed by atoms with Crippen molar-refractivity contribution in [2.75, 3.05) is 12.3 Å². The maximum absolute atomic E-state index is 11.0. The van der Waals surface area contributed by atoms with E-state index in [0.717, 1.165) is 0 Å². The monoisotopic (exact) mass is 240 g/mol. The van der Waals surface area contributed by atoms with Gasteiger partial charge in [0.15, 0.2) is 0 Å². The van der Waals surface area contributed by atoms with Crippen LogP contribution in [0, 0.1) is 0 Å². The normalized spacial score (nSPS) is 10.6. The van der Waals surface area contributed by atoms with Crippen molar-refractivity contribution < 1.29 is 9.53 Å². The fourth-order valence-corrected chi connectivity index (χ4v) is 1.27. The second-order valence-corrected chi connectivity index (χ2v) is 3.42. The van der Waals surface area contributed by atoms with Gasteiger partial charge >= 0.3 is 5.97 Å². The Morgan fingerprint density at radius 1 is 1.69 bits per heavy atom. The van der Waals surface area contributed by atoms with Gasteiger partial charge in [0.1, 0.15) is 5.15 Å². The highest BCUT2D eigenvalue weighted by Crippen LogP contribution is 2.17. The van der Waals surface area contributed by atoms with E-state index in [9.17, 15) is 4.79 Å². The van der Waals surface area contributed by atoms with Crippen LogP contribution in [0.3, 0.4) is 0 Å². The van der Waals surface area contributed by atoms with Crippen molar-refractivity contribution in [3.8, 4) is 0 Å². The van der Waals surface area contributed by atoms with Crippen LogP contribution in [0.15, 0.2) is 18.3 Å². The van der Waals surface area contributed by atoms with Crippen LogP contribution < -0.4 is 5.73 Å². The topological polar surface area (TPSA) is 65.2 Å². The lowest BCUT2D eigenvalue weighted by atomic mass is 10.2. The Morgan fingerprint density at radius 2 is 2.44 bits per heavy atom. The van der Waals surface area contributed by atoms with Crippen LogP contribution in [-0.2, 0) is 9.53 Å². The number of nitrogens with zero attached hydrogens (tertiary/aromatic N) is 1. The number of anilines is 1. The first kappa shape index (κ1) is 12.5. The summed E-state index contributed by atoms with van der Waals surface area (Å²) >= 11 is 5.84. The van der Waals surface area contributed by atoms with Crippen LogP contribution in [-0.4, -0.2) is 17.6 Å². The molecular formula is C11H13ClN2O2. The number of hydrogen-bond acceptors (Lipinski definition) is 4. The standard InChI is InChI=1S/C11H13ClN2O2/c1-2-16-10(15)5-3-4-8-6-9(13)7-14-11(8)12/h3-4,6-7H,2,5,13H2,1H3. The SMILES string of the molecule is CCOC(=O)CC=Cc1cc(N)cnc1Cl. The number of nitrogen functional groups attached to an aromatic ring is 1. The number of esters is 1. The first-order valence-electron chi connectivity index (χ1n) is 4.86. The largest absolute Gasteiger partial charge is 0.466 e. The van der Waals surface area contributed by atoms with Crippen molar-refractivity contribution in [1.29, 1.82) is 0 Å². The second-order valence-electron chi connectivity index (χ2n) is 3.06. The Hall–Kier alpha value is -1.55. The van der Waals surface area contributed by atoms with Gasteiger partial charge in [-0.2, -0.15) is 0 Å². The lowest BCUT2D eigenvalue weighted by Crippen LogP contribution is -2.01. The van der Waals surface area contributed by atoms with Crippen LogP contribution in [0.4, 0.5) is 5.69 Å². The van der Waals surface area contributed by atoms with Gasteiger partial charge < -0.3 is 10.5 Å². The average Bonchev–Trinajstić information content (AvgIpc) is 2.23. The highest BCUT2D eigenvalue weighted by Gasteiger charge is 2.00. The summed E-state index contributed by atoms with van der Waals surface area (Å²) in [6.45, 7) is 2.15. The number of ether oxygens (including phenoxy) is 1. The van der Waals surface area contributed by atoms with Crippen LogP contribution in [0.5, 0.6) is 0 Å². The van der Waals surface area contributed by atoms with E-state index in [0.29, 0.717) is 23.0 Å². The van der Waals surface area contributed by atoms with Crippen LogP contribution in [0.25, 0.3) is 6.08 Å². The molecule has 0 aliphatic rings. The maximum atomic E-state index is 11.0. The summed E-state index contributed by atoms with van der Waals surface area (Å²) in [7, 11) is 0. The summed E-state index contributed by atoms with van der Waals surface area (Å²) < 4.78 is 4.77. The van der Waals surface area contributed by atoms with Gasteiger partial charge in [-0.15, -0.1) is 0 Å². The zero-order chi connectivity index (χ0) is 12.0. The minimum Gasteiger partial charge on any atom is -0.466 e. The van der Waals surface area contributed by atoms with Crippen LogP contribution in [0.2, 0.25) is 5.15 Å². The molecule has 0 radical (unpaired) electrons. The average molecular weight is 241 g/mol. The predicted octanol–water partition coefficient (Wildman–Crippen LogP) is 2.28. The molecule has 1 heterocycles. The Kier molecular flexibility index (Phi) is 4.79. The minimum atomic E-state index is -0.272. The Balaban J connectivity index is 2.62. The van der Waals surface area contributed by atoms with Gasteiger partial charge in [-0.1, -0.05) is 23.8 Å². The summed E-state index contributed by atoms with van der Waals surface area (Å²) in [5.41, 5.74) is 6.77. The smallest absolute Gasteiger partial charge is 0.309 e. The van der Waals surface area contributed by atoms with Crippen LogP contribution >= 0.6 is 11.6 Å². The summed E-state index contributed by atoms with van der Waals surface area (Å²) in [4.78, 5) is 14.9. The maximum Gasteiger partial charge on any atom is 0.309 e. The minimum absolute atomic E-state index is 0.207. The molecule has 0 bridgehead atoms. The zero-order valence-electron chi connectivity index (χ0n) is 8.94. The van der Waals surface area contributed by atoms with Crippen molar-refractivity contribution >= 4 is 29.3 Å². The third kappa shape index (κ3) is 3.90. The van der Waals surface area contributed by atoms with E-state index in [1.807, 2.05) is 0 Å². The number of rotatable bonds is 4.